The maximum absolute atomic E-state index is 13.6. The van der Waals surface area contributed by atoms with Crippen molar-refractivity contribution in [3.8, 4) is 5.69 Å². The summed E-state index contributed by atoms with van der Waals surface area (Å²) >= 11 is 1.49. The number of thioether (sulfide) groups is 1. The lowest BCUT2D eigenvalue weighted by atomic mass is 9.96. The highest BCUT2D eigenvalue weighted by molar-refractivity contribution is 7.99. The standard InChI is InChI=1S/C28H29N3O3S2/c1-2-20-16-18-21(19-17-20)31-27(32)23-12-6-7-13-24(23)29-28(31)35-26-15-9-8-14-25(26)30-36(33,34)22-10-4-3-5-11-22/h3-7,10-13,16-19,25-26,30H,2,8-9,14-15H2,1H3/t25-,26-/m1/s1. The van der Waals surface area contributed by atoms with Gasteiger partial charge in [-0.25, -0.2) is 18.1 Å². The molecule has 8 heteroatoms. The molecule has 3 aromatic carbocycles. The van der Waals surface area contributed by atoms with Gasteiger partial charge in [0.15, 0.2) is 5.16 Å². The molecule has 1 aliphatic carbocycles. The van der Waals surface area contributed by atoms with Crippen LogP contribution in [0.2, 0.25) is 0 Å². The van der Waals surface area contributed by atoms with Crippen molar-refractivity contribution in [3.05, 3.63) is 94.8 Å². The van der Waals surface area contributed by atoms with Gasteiger partial charge in [0.1, 0.15) is 0 Å². The van der Waals surface area contributed by atoms with Gasteiger partial charge in [-0.05, 0) is 61.2 Å². The summed E-state index contributed by atoms with van der Waals surface area (Å²) in [5.41, 5.74) is 2.47. The van der Waals surface area contributed by atoms with E-state index in [9.17, 15) is 13.2 Å². The Morgan fingerprint density at radius 2 is 1.64 bits per heavy atom. The van der Waals surface area contributed by atoms with Crippen molar-refractivity contribution in [1.82, 2.24) is 14.3 Å². The van der Waals surface area contributed by atoms with Gasteiger partial charge in [0.05, 0.1) is 21.5 Å². The third kappa shape index (κ3) is 5.12. The summed E-state index contributed by atoms with van der Waals surface area (Å²) in [5.74, 6) is 0. The van der Waals surface area contributed by atoms with Gasteiger partial charge < -0.3 is 0 Å². The number of nitrogens with one attached hydrogen (secondary N) is 1. The molecule has 1 aromatic heterocycles. The molecule has 0 radical (unpaired) electrons. The number of fused-ring (bicyclic) bond motifs is 1. The first-order valence-electron chi connectivity index (χ1n) is 12.3. The second kappa shape index (κ2) is 10.6. The molecule has 0 aliphatic heterocycles. The highest BCUT2D eigenvalue weighted by Crippen LogP contribution is 2.35. The summed E-state index contributed by atoms with van der Waals surface area (Å²) in [6.45, 7) is 2.10. The molecule has 0 spiro atoms. The van der Waals surface area contributed by atoms with Gasteiger partial charge in [-0.3, -0.25) is 9.36 Å². The van der Waals surface area contributed by atoms with Crippen LogP contribution in [-0.2, 0) is 16.4 Å². The predicted octanol–water partition coefficient (Wildman–Crippen LogP) is 5.33. The van der Waals surface area contributed by atoms with Crippen molar-refractivity contribution in [2.45, 2.75) is 60.4 Å². The molecule has 0 saturated heterocycles. The Morgan fingerprint density at radius 1 is 0.944 bits per heavy atom. The highest BCUT2D eigenvalue weighted by Gasteiger charge is 2.31. The van der Waals surface area contributed by atoms with Crippen molar-refractivity contribution >= 4 is 32.7 Å². The largest absolute Gasteiger partial charge is 0.268 e. The van der Waals surface area contributed by atoms with Crippen LogP contribution in [0, 0.1) is 0 Å². The molecule has 36 heavy (non-hydrogen) atoms. The Hall–Kier alpha value is -2.94. The van der Waals surface area contributed by atoms with Crippen LogP contribution in [0.25, 0.3) is 16.6 Å². The van der Waals surface area contributed by atoms with Gasteiger partial charge in [0.2, 0.25) is 10.0 Å². The van der Waals surface area contributed by atoms with Crippen LogP contribution in [0.5, 0.6) is 0 Å². The summed E-state index contributed by atoms with van der Waals surface area (Å²) < 4.78 is 30.8. The fourth-order valence-corrected chi connectivity index (χ4v) is 7.46. The Kier molecular flexibility index (Phi) is 7.27. The lowest BCUT2D eigenvalue weighted by Crippen LogP contribution is -2.44. The summed E-state index contributed by atoms with van der Waals surface area (Å²) in [5, 5.41) is 1.09. The minimum atomic E-state index is -3.65. The van der Waals surface area contributed by atoms with Crippen molar-refractivity contribution in [3.63, 3.8) is 0 Å². The van der Waals surface area contributed by atoms with Gasteiger partial charge >= 0.3 is 0 Å². The maximum Gasteiger partial charge on any atom is 0.266 e. The summed E-state index contributed by atoms with van der Waals surface area (Å²) in [4.78, 5) is 18.8. The molecule has 1 N–H and O–H groups in total. The number of rotatable bonds is 7. The minimum Gasteiger partial charge on any atom is -0.268 e. The van der Waals surface area contributed by atoms with E-state index in [4.69, 9.17) is 4.98 Å². The van der Waals surface area contributed by atoms with Crippen molar-refractivity contribution in [2.24, 2.45) is 0 Å². The lowest BCUT2D eigenvalue weighted by molar-refractivity contribution is 0.422. The van der Waals surface area contributed by atoms with E-state index in [2.05, 4.69) is 11.6 Å². The van der Waals surface area contributed by atoms with E-state index >= 15 is 0 Å². The average Bonchev–Trinajstić information content (AvgIpc) is 2.90. The van der Waals surface area contributed by atoms with Crippen LogP contribution in [0.3, 0.4) is 0 Å². The summed E-state index contributed by atoms with van der Waals surface area (Å²) in [7, 11) is -3.65. The molecule has 1 saturated carbocycles. The SMILES string of the molecule is CCc1ccc(-n2c(S[C@@H]3CCCC[C@H]3NS(=O)(=O)c3ccccc3)nc3ccccc3c2=O)cc1. The number of aromatic nitrogens is 2. The van der Waals surface area contributed by atoms with E-state index in [-0.39, 0.29) is 21.7 Å². The van der Waals surface area contributed by atoms with E-state index in [0.29, 0.717) is 16.1 Å². The molecule has 1 fully saturated rings. The van der Waals surface area contributed by atoms with Gasteiger partial charge in [0, 0.05) is 11.3 Å². The third-order valence-corrected chi connectivity index (χ3v) is 9.52. The van der Waals surface area contributed by atoms with Crippen molar-refractivity contribution in [1.29, 1.82) is 0 Å². The highest BCUT2D eigenvalue weighted by atomic mass is 32.2. The first-order valence-corrected chi connectivity index (χ1v) is 14.7. The van der Waals surface area contributed by atoms with Crippen LogP contribution >= 0.6 is 11.8 Å². The predicted molar refractivity (Wildman–Crippen MR) is 145 cm³/mol. The Morgan fingerprint density at radius 3 is 2.39 bits per heavy atom. The first kappa shape index (κ1) is 24.7. The number of benzene rings is 3. The third-order valence-electron chi connectivity index (χ3n) is 6.67. The van der Waals surface area contributed by atoms with E-state index in [0.717, 1.165) is 37.8 Å². The Balaban J connectivity index is 1.53. The zero-order valence-corrected chi connectivity index (χ0v) is 21.8. The molecule has 5 rings (SSSR count). The quantitative estimate of drug-likeness (QED) is 0.334. The number of aryl methyl sites for hydroxylation is 1. The Bertz CT molecular complexity index is 1520. The fourth-order valence-electron chi connectivity index (χ4n) is 4.67. The van der Waals surface area contributed by atoms with E-state index in [1.807, 2.05) is 42.5 Å². The van der Waals surface area contributed by atoms with Gasteiger partial charge in [-0.2, -0.15) is 0 Å². The van der Waals surface area contributed by atoms with Crippen LogP contribution in [0.15, 0.2) is 93.7 Å². The van der Waals surface area contributed by atoms with Crippen LogP contribution < -0.4 is 10.3 Å². The smallest absolute Gasteiger partial charge is 0.266 e. The molecule has 186 valence electrons. The minimum absolute atomic E-state index is 0.0496. The molecular formula is C28H29N3O3S2. The second-order valence-electron chi connectivity index (χ2n) is 9.05. The zero-order valence-electron chi connectivity index (χ0n) is 20.1. The molecular weight excluding hydrogens is 490 g/mol. The average molecular weight is 520 g/mol. The second-order valence-corrected chi connectivity index (χ2v) is 12.0. The molecule has 4 aromatic rings. The normalized spacial score (nSPS) is 18.4. The Labute approximate surface area is 215 Å². The summed E-state index contributed by atoms with van der Waals surface area (Å²) in [6.07, 6.45) is 4.45. The van der Waals surface area contributed by atoms with E-state index in [1.165, 1.54) is 17.3 Å². The lowest BCUT2D eigenvalue weighted by Gasteiger charge is -2.31. The monoisotopic (exact) mass is 519 g/mol. The van der Waals surface area contributed by atoms with Gasteiger partial charge in [0.25, 0.3) is 5.56 Å². The number of hydrogen-bond donors (Lipinski definition) is 1. The molecule has 2 atom stereocenters. The molecule has 1 heterocycles. The summed E-state index contributed by atoms with van der Waals surface area (Å²) in [6, 6.07) is 23.6. The molecule has 6 nitrogen and oxygen atoms in total. The van der Waals surface area contributed by atoms with Crippen LogP contribution in [-0.4, -0.2) is 29.3 Å². The molecule has 0 amide bonds. The maximum atomic E-state index is 13.6. The van der Waals surface area contributed by atoms with Crippen LogP contribution in [0.4, 0.5) is 0 Å². The molecule has 1 aliphatic rings. The van der Waals surface area contributed by atoms with Gasteiger partial charge in [-0.1, -0.05) is 74.0 Å². The van der Waals surface area contributed by atoms with E-state index < -0.39 is 10.0 Å². The van der Waals surface area contributed by atoms with E-state index in [1.54, 1.807) is 41.0 Å². The number of sulfonamides is 1. The van der Waals surface area contributed by atoms with Gasteiger partial charge in [-0.15, -0.1) is 0 Å². The number of para-hydroxylation sites is 1. The molecule has 0 bridgehead atoms. The van der Waals surface area contributed by atoms with Crippen molar-refractivity contribution < 1.29 is 8.42 Å². The topological polar surface area (TPSA) is 81.1 Å². The molecule has 0 unspecified atom stereocenters. The van der Waals surface area contributed by atoms with Crippen LogP contribution in [0.1, 0.15) is 38.2 Å². The fraction of sp³-hybridized carbons (Fsp3) is 0.286. The number of hydrogen-bond acceptors (Lipinski definition) is 5. The number of nitrogens with zero attached hydrogens (tertiary/aromatic N) is 2. The zero-order chi connectivity index (χ0) is 25.1. The van der Waals surface area contributed by atoms with Crippen molar-refractivity contribution in [2.75, 3.05) is 0 Å². The first-order chi connectivity index (χ1) is 17.5.